The van der Waals surface area contributed by atoms with Crippen LogP contribution in [0.15, 0.2) is 42.7 Å². The second kappa shape index (κ2) is 6.30. The summed E-state index contributed by atoms with van der Waals surface area (Å²) in [5.74, 6) is 0.839. The minimum absolute atomic E-state index is 0.0162. The van der Waals surface area contributed by atoms with E-state index in [9.17, 15) is 4.79 Å². The van der Waals surface area contributed by atoms with Gasteiger partial charge in [0.15, 0.2) is 0 Å². The Hall–Kier alpha value is -2.50. The first-order valence-corrected chi connectivity index (χ1v) is 7.09. The molecule has 3 rings (SSSR count). The highest BCUT2D eigenvalue weighted by molar-refractivity contribution is 5.89. The number of carbonyl (C=O) groups excluding carboxylic acids is 1. The number of H-pyrrole nitrogens is 1. The number of nitrogens with zero attached hydrogens (tertiary/aromatic N) is 1. The molecule has 0 saturated heterocycles. The van der Waals surface area contributed by atoms with E-state index < -0.39 is 0 Å². The van der Waals surface area contributed by atoms with Gasteiger partial charge in [0.25, 0.3) is 0 Å². The van der Waals surface area contributed by atoms with Crippen molar-refractivity contribution in [3.8, 4) is 5.75 Å². The topological polar surface area (TPSA) is 79.0 Å². The lowest BCUT2D eigenvalue weighted by Gasteiger charge is -2.22. The molecule has 1 aromatic heterocycles. The van der Waals surface area contributed by atoms with Crippen molar-refractivity contribution in [2.24, 2.45) is 0 Å². The molecule has 6 nitrogen and oxygen atoms in total. The molecule has 2 atom stereocenters. The van der Waals surface area contributed by atoms with E-state index in [0.29, 0.717) is 5.69 Å². The Morgan fingerprint density at radius 2 is 2.14 bits per heavy atom. The summed E-state index contributed by atoms with van der Waals surface area (Å²) in [4.78, 5) is 11.9. The van der Waals surface area contributed by atoms with Crippen LogP contribution in [-0.2, 0) is 0 Å². The fourth-order valence-electron chi connectivity index (χ4n) is 2.56. The Kier molecular flexibility index (Phi) is 4.04. The molecule has 1 aliphatic carbocycles. The highest BCUT2D eigenvalue weighted by atomic mass is 16.5. The third-order valence-corrected chi connectivity index (χ3v) is 3.56. The number of amides is 2. The van der Waals surface area contributed by atoms with E-state index in [1.165, 1.54) is 0 Å². The summed E-state index contributed by atoms with van der Waals surface area (Å²) in [5.41, 5.74) is 0.644. The monoisotopic (exact) mass is 286 g/mol. The van der Waals surface area contributed by atoms with Crippen LogP contribution in [0.3, 0.4) is 0 Å². The van der Waals surface area contributed by atoms with Gasteiger partial charge in [-0.3, -0.25) is 5.10 Å². The van der Waals surface area contributed by atoms with Crippen LogP contribution in [0.1, 0.15) is 19.3 Å². The van der Waals surface area contributed by atoms with Crippen LogP contribution in [0, 0.1) is 0 Å². The van der Waals surface area contributed by atoms with Crippen molar-refractivity contribution in [1.82, 2.24) is 15.5 Å². The SMILES string of the molecule is O=C(Nc1cn[nH]c1)NC1CCCC1Oc1ccccc1. The third kappa shape index (κ3) is 3.53. The van der Waals surface area contributed by atoms with Crippen LogP contribution in [0.2, 0.25) is 0 Å². The maximum absolute atomic E-state index is 11.9. The van der Waals surface area contributed by atoms with Crippen molar-refractivity contribution in [2.45, 2.75) is 31.4 Å². The Morgan fingerprint density at radius 3 is 2.90 bits per heavy atom. The Bertz CT molecular complexity index is 571. The Labute approximate surface area is 122 Å². The van der Waals surface area contributed by atoms with Gasteiger partial charge in [0.2, 0.25) is 0 Å². The molecule has 0 aliphatic heterocycles. The summed E-state index contributed by atoms with van der Waals surface area (Å²) in [6.07, 6.45) is 6.14. The van der Waals surface area contributed by atoms with E-state index in [2.05, 4.69) is 20.8 Å². The smallest absolute Gasteiger partial charge is 0.319 e. The number of benzene rings is 1. The fourth-order valence-corrected chi connectivity index (χ4v) is 2.56. The molecule has 0 spiro atoms. The first-order valence-electron chi connectivity index (χ1n) is 7.09. The molecule has 110 valence electrons. The maximum Gasteiger partial charge on any atom is 0.319 e. The third-order valence-electron chi connectivity index (χ3n) is 3.56. The summed E-state index contributed by atoms with van der Waals surface area (Å²) in [7, 11) is 0. The summed E-state index contributed by atoms with van der Waals surface area (Å²) < 4.78 is 5.96. The molecule has 21 heavy (non-hydrogen) atoms. The van der Waals surface area contributed by atoms with Crippen molar-refractivity contribution in [3.63, 3.8) is 0 Å². The van der Waals surface area contributed by atoms with Crippen LogP contribution in [0.5, 0.6) is 5.75 Å². The van der Waals surface area contributed by atoms with Crippen LogP contribution in [0.4, 0.5) is 10.5 Å². The van der Waals surface area contributed by atoms with Crippen molar-refractivity contribution in [2.75, 3.05) is 5.32 Å². The molecule has 0 bridgehead atoms. The lowest BCUT2D eigenvalue weighted by atomic mass is 10.2. The van der Waals surface area contributed by atoms with Gasteiger partial charge in [-0.1, -0.05) is 18.2 Å². The molecule has 6 heteroatoms. The molecule has 0 radical (unpaired) electrons. The van der Waals surface area contributed by atoms with Crippen molar-refractivity contribution >= 4 is 11.7 Å². The van der Waals surface area contributed by atoms with E-state index in [4.69, 9.17) is 4.74 Å². The van der Waals surface area contributed by atoms with Crippen LogP contribution >= 0.6 is 0 Å². The number of urea groups is 1. The molecule has 2 amide bonds. The van der Waals surface area contributed by atoms with E-state index >= 15 is 0 Å². The average Bonchev–Trinajstić information content (AvgIpc) is 3.13. The van der Waals surface area contributed by atoms with E-state index in [-0.39, 0.29) is 18.2 Å². The Morgan fingerprint density at radius 1 is 1.29 bits per heavy atom. The molecule has 3 N–H and O–H groups in total. The zero-order chi connectivity index (χ0) is 14.5. The second-order valence-electron chi connectivity index (χ2n) is 5.09. The molecule has 1 aliphatic rings. The number of carbonyl (C=O) groups is 1. The summed E-state index contributed by atoms with van der Waals surface area (Å²) in [6.45, 7) is 0. The first kappa shape index (κ1) is 13.5. The van der Waals surface area contributed by atoms with E-state index in [1.807, 2.05) is 30.3 Å². The number of aromatic nitrogens is 2. The molecule has 1 aromatic carbocycles. The highest BCUT2D eigenvalue weighted by Crippen LogP contribution is 2.24. The lowest BCUT2D eigenvalue weighted by molar-refractivity contribution is 0.175. The molecular weight excluding hydrogens is 268 g/mol. The Balaban J connectivity index is 1.55. The highest BCUT2D eigenvalue weighted by Gasteiger charge is 2.30. The van der Waals surface area contributed by atoms with Gasteiger partial charge >= 0.3 is 6.03 Å². The van der Waals surface area contributed by atoms with Gasteiger partial charge in [-0.2, -0.15) is 5.10 Å². The standard InChI is InChI=1S/C15H18N4O2/c20-15(18-11-9-16-17-10-11)19-13-7-4-8-14(13)21-12-5-2-1-3-6-12/h1-3,5-6,9-10,13-14H,4,7-8H2,(H,16,17)(H2,18,19,20). The van der Waals surface area contributed by atoms with Gasteiger partial charge in [-0.15, -0.1) is 0 Å². The van der Waals surface area contributed by atoms with Gasteiger partial charge in [0.1, 0.15) is 11.9 Å². The molecular formula is C15H18N4O2. The molecule has 2 aromatic rings. The zero-order valence-corrected chi connectivity index (χ0v) is 11.6. The minimum Gasteiger partial charge on any atom is -0.488 e. The average molecular weight is 286 g/mol. The maximum atomic E-state index is 11.9. The number of ether oxygens (including phenoxy) is 1. The van der Waals surface area contributed by atoms with Gasteiger partial charge in [-0.25, -0.2) is 4.79 Å². The number of hydrogen-bond donors (Lipinski definition) is 3. The number of para-hydroxylation sites is 1. The minimum atomic E-state index is -0.232. The largest absolute Gasteiger partial charge is 0.488 e. The molecule has 1 fully saturated rings. The number of aromatic amines is 1. The fraction of sp³-hybridized carbons (Fsp3) is 0.333. The van der Waals surface area contributed by atoms with Gasteiger partial charge in [0, 0.05) is 6.20 Å². The van der Waals surface area contributed by atoms with Crippen molar-refractivity contribution in [3.05, 3.63) is 42.7 Å². The van der Waals surface area contributed by atoms with E-state index in [1.54, 1.807) is 12.4 Å². The lowest BCUT2D eigenvalue weighted by Crippen LogP contribution is -2.44. The number of nitrogens with one attached hydrogen (secondary N) is 3. The predicted octanol–water partition coefficient (Wildman–Crippen LogP) is 2.53. The molecule has 2 unspecified atom stereocenters. The molecule has 1 saturated carbocycles. The van der Waals surface area contributed by atoms with Gasteiger partial charge in [-0.05, 0) is 31.4 Å². The van der Waals surface area contributed by atoms with Crippen LogP contribution in [0.25, 0.3) is 0 Å². The quantitative estimate of drug-likeness (QED) is 0.808. The number of hydrogen-bond acceptors (Lipinski definition) is 3. The van der Waals surface area contributed by atoms with Gasteiger partial charge < -0.3 is 15.4 Å². The number of rotatable bonds is 4. The summed E-state index contributed by atoms with van der Waals surface area (Å²) >= 11 is 0. The predicted molar refractivity (Wildman–Crippen MR) is 79.2 cm³/mol. The first-order chi connectivity index (χ1) is 10.3. The van der Waals surface area contributed by atoms with Crippen LogP contribution in [-0.4, -0.2) is 28.4 Å². The van der Waals surface area contributed by atoms with Gasteiger partial charge in [0.05, 0.1) is 17.9 Å². The van der Waals surface area contributed by atoms with Crippen LogP contribution < -0.4 is 15.4 Å². The van der Waals surface area contributed by atoms with Crippen molar-refractivity contribution < 1.29 is 9.53 Å². The zero-order valence-electron chi connectivity index (χ0n) is 11.6. The van der Waals surface area contributed by atoms with Crippen molar-refractivity contribution in [1.29, 1.82) is 0 Å². The van der Waals surface area contributed by atoms with E-state index in [0.717, 1.165) is 25.0 Å². The normalized spacial score (nSPS) is 21.0. The summed E-state index contributed by atoms with van der Waals surface area (Å²) in [6, 6.07) is 9.50. The second-order valence-corrected chi connectivity index (χ2v) is 5.09. The molecule has 1 heterocycles. The number of anilines is 1. The summed E-state index contributed by atoms with van der Waals surface area (Å²) in [5, 5.41) is 12.1.